The number of fused-ring (bicyclic) bond motifs is 1. The second-order valence-electron chi connectivity index (χ2n) is 9.17. The monoisotopic (exact) mass is 551 g/mol. The standard InChI is InChI=1S/C26H34BrNO7/c1-26(2,3)35-25(29)28-11-10-16-13-21(32-6)22(33-7)14-18(16)19(28)12-17-8-9-20(31-5)24(23(17)27)34-15-30-4/h8-9,13-14,19H,10-12,15H2,1-7H3. The number of rotatable bonds is 8. The van der Waals surface area contributed by atoms with Crippen molar-refractivity contribution in [3.05, 3.63) is 45.4 Å². The van der Waals surface area contributed by atoms with Gasteiger partial charge in [0.25, 0.3) is 0 Å². The first-order valence-corrected chi connectivity index (χ1v) is 12.1. The van der Waals surface area contributed by atoms with Gasteiger partial charge in [0.2, 0.25) is 0 Å². The molecule has 1 aliphatic rings. The minimum atomic E-state index is -0.610. The van der Waals surface area contributed by atoms with E-state index in [9.17, 15) is 4.79 Å². The van der Waals surface area contributed by atoms with Gasteiger partial charge in [-0.25, -0.2) is 4.79 Å². The summed E-state index contributed by atoms with van der Waals surface area (Å²) in [4.78, 5) is 15.1. The molecule has 1 atom stereocenters. The van der Waals surface area contributed by atoms with Crippen LogP contribution in [0, 0.1) is 0 Å². The van der Waals surface area contributed by atoms with Crippen molar-refractivity contribution >= 4 is 22.0 Å². The zero-order chi connectivity index (χ0) is 25.8. The largest absolute Gasteiger partial charge is 0.493 e. The van der Waals surface area contributed by atoms with Gasteiger partial charge < -0.3 is 33.3 Å². The van der Waals surface area contributed by atoms with Gasteiger partial charge in [0, 0.05) is 13.7 Å². The Morgan fingerprint density at radius 3 is 2.29 bits per heavy atom. The van der Waals surface area contributed by atoms with Crippen molar-refractivity contribution in [1.82, 2.24) is 4.90 Å². The van der Waals surface area contributed by atoms with E-state index in [1.165, 1.54) is 0 Å². The second-order valence-corrected chi connectivity index (χ2v) is 9.96. The molecule has 0 saturated heterocycles. The van der Waals surface area contributed by atoms with Gasteiger partial charge in [-0.1, -0.05) is 6.07 Å². The van der Waals surface area contributed by atoms with Crippen molar-refractivity contribution in [2.75, 3.05) is 41.8 Å². The van der Waals surface area contributed by atoms with E-state index < -0.39 is 5.60 Å². The number of carbonyl (C=O) groups excluding carboxylic acids is 1. The lowest BCUT2D eigenvalue weighted by molar-refractivity contribution is 0.0141. The van der Waals surface area contributed by atoms with Gasteiger partial charge in [0.1, 0.15) is 5.60 Å². The lowest BCUT2D eigenvalue weighted by Gasteiger charge is -2.38. The van der Waals surface area contributed by atoms with Crippen LogP contribution in [0.25, 0.3) is 0 Å². The number of hydrogen-bond acceptors (Lipinski definition) is 7. The van der Waals surface area contributed by atoms with Crippen LogP contribution in [0.15, 0.2) is 28.7 Å². The molecule has 0 aromatic heterocycles. The average molecular weight is 552 g/mol. The molecule has 2 aromatic carbocycles. The molecular weight excluding hydrogens is 518 g/mol. The van der Waals surface area contributed by atoms with Crippen LogP contribution in [0.3, 0.4) is 0 Å². The Hall–Kier alpha value is -2.65. The van der Waals surface area contributed by atoms with Crippen LogP contribution >= 0.6 is 15.9 Å². The quantitative estimate of drug-likeness (QED) is 0.399. The summed E-state index contributed by atoms with van der Waals surface area (Å²) in [5.41, 5.74) is 2.43. The van der Waals surface area contributed by atoms with Gasteiger partial charge in [-0.05, 0) is 84.4 Å². The zero-order valence-electron chi connectivity index (χ0n) is 21.4. The average Bonchev–Trinajstić information content (AvgIpc) is 2.82. The summed E-state index contributed by atoms with van der Waals surface area (Å²) in [5, 5.41) is 0. The van der Waals surface area contributed by atoms with Crippen LogP contribution in [-0.2, 0) is 22.3 Å². The summed E-state index contributed by atoms with van der Waals surface area (Å²) in [7, 11) is 6.37. The minimum Gasteiger partial charge on any atom is -0.493 e. The molecule has 9 heteroatoms. The van der Waals surface area contributed by atoms with Crippen molar-refractivity contribution in [3.63, 3.8) is 0 Å². The Labute approximate surface area is 215 Å². The molecule has 2 aromatic rings. The molecule has 0 aliphatic carbocycles. The number of benzene rings is 2. The molecule has 1 aliphatic heterocycles. The summed E-state index contributed by atoms with van der Waals surface area (Å²) in [6, 6.07) is 7.46. The Morgan fingerprint density at radius 2 is 1.69 bits per heavy atom. The Bertz CT molecular complexity index is 1050. The first kappa shape index (κ1) is 26.9. The molecule has 3 rings (SSSR count). The van der Waals surface area contributed by atoms with Crippen LogP contribution in [0.1, 0.15) is 43.5 Å². The van der Waals surface area contributed by atoms with Gasteiger partial charge in [-0.3, -0.25) is 0 Å². The highest BCUT2D eigenvalue weighted by Crippen LogP contribution is 2.43. The maximum absolute atomic E-state index is 13.3. The van der Waals surface area contributed by atoms with Crippen LogP contribution in [0.5, 0.6) is 23.0 Å². The molecule has 192 valence electrons. The van der Waals surface area contributed by atoms with E-state index in [1.807, 2.05) is 45.0 Å². The normalized spacial score (nSPS) is 15.3. The van der Waals surface area contributed by atoms with Gasteiger partial charge in [-0.2, -0.15) is 0 Å². The Morgan fingerprint density at radius 1 is 1.03 bits per heavy atom. The fraction of sp³-hybridized carbons (Fsp3) is 0.500. The third kappa shape index (κ3) is 6.13. The highest BCUT2D eigenvalue weighted by molar-refractivity contribution is 9.10. The molecule has 8 nitrogen and oxygen atoms in total. The highest BCUT2D eigenvalue weighted by atomic mass is 79.9. The van der Waals surface area contributed by atoms with Crippen LogP contribution in [-0.4, -0.2) is 58.4 Å². The fourth-order valence-electron chi connectivity index (χ4n) is 4.15. The summed E-state index contributed by atoms with van der Waals surface area (Å²) in [6.45, 7) is 6.19. The van der Waals surface area contributed by atoms with Gasteiger partial charge in [-0.15, -0.1) is 0 Å². The molecule has 0 saturated carbocycles. The lowest BCUT2D eigenvalue weighted by atomic mass is 9.88. The number of ether oxygens (including phenoxy) is 6. The maximum atomic E-state index is 13.3. The lowest BCUT2D eigenvalue weighted by Crippen LogP contribution is -2.43. The van der Waals surface area contributed by atoms with E-state index in [-0.39, 0.29) is 18.9 Å². The maximum Gasteiger partial charge on any atom is 0.410 e. The number of methoxy groups -OCH3 is 4. The smallest absolute Gasteiger partial charge is 0.410 e. The van der Waals surface area contributed by atoms with E-state index in [4.69, 9.17) is 28.4 Å². The summed E-state index contributed by atoms with van der Waals surface area (Å²) in [6.07, 6.45) is 0.830. The molecule has 0 radical (unpaired) electrons. The third-order valence-corrected chi connectivity index (χ3v) is 6.60. The zero-order valence-corrected chi connectivity index (χ0v) is 23.0. The van der Waals surface area contributed by atoms with Crippen LogP contribution in [0.2, 0.25) is 0 Å². The molecule has 0 spiro atoms. The Kier molecular flexibility index (Phi) is 8.77. The summed E-state index contributed by atoms with van der Waals surface area (Å²) in [5.74, 6) is 2.40. The van der Waals surface area contributed by atoms with E-state index in [1.54, 1.807) is 33.3 Å². The van der Waals surface area contributed by atoms with Crippen molar-refractivity contribution in [1.29, 1.82) is 0 Å². The SMILES string of the molecule is COCOc1c(OC)ccc(CC2c3cc(OC)c(OC)cc3CCN2C(=O)OC(C)(C)C)c1Br. The number of amides is 1. The van der Waals surface area contributed by atoms with E-state index in [0.717, 1.165) is 21.2 Å². The minimum absolute atomic E-state index is 0.0751. The van der Waals surface area contributed by atoms with Crippen molar-refractivity contribution in [3.8, 4) is 23.0 Å². The first-order chi connectivity index (χ1) is 16.6. The number of hydrogen-bond donors (Lipinski definition) is 0. The molecule has 0 N–H and O–H groups in total. The topological polar surface area (TPSA) is 75.7 Å². The predicted octanol–water partition coefficient (Wildman–Crippen LogP) is 5.53. The summed E-state index contributed by atoms with van der Waals surface area (Å²) >= 11 is 3.69. The fourth-order valence-corrected chi connectivity index (χ4v) is 4.75. The van der Waals surface area contributed by atoms with E-state index in [0.29, 0.717) is 42.4 Å². The first-order valence-electron chi connectivity index (χ1n) is 11.3. The van der Waals surface area contributed by atoms with Gasteiger partial charge >= 0.3 is 6.09 Å². The van der Waals surface area contributed by atoms with Gasteiger partial charge in [0.15, 0.2) is 29.8 Å². The molecule has 0 bridgehead atoms. The van der Waals surface area contributed by atoms with E-state index in [2.05, 4.69) is 15.9 Å². The molecule has 35 heavy (non-hydrogen) atoms. The molecule has 1 amide bonds. The molecular formula is C26H34BrNO7. The van der Waals surface area contributed by atoms with Crippen LogP contribution in [0.4, 0.5) is 4.79 Å². The summed E-state index contributed by atoms with van der Waals surface area (Å²) < 4.78 is 33.9. The van der Waals surface area contributed by atoms with Crippen LogP contribution < -0.4 is 18.9 Å². The van der Waals surface area contributed by atoms with Crippen molar-refractivity contribution < 1.29 is 33.2 Å². The second kappa shape index (κ2) is 11.4. The molecule has 1 unspecified atom stereocenters. The van der Waals surface area contributed by atoms with Crippen molar-refractivity contribution in [2.45, 2.75) is 45.3 Å². The number of halogens is 1. The Balaban J connectivity index is 2.08. The third-order valence-electron chi connectivity index (χ3n) is 5.73. The van der Waals surface area contributed by atoms with Crippen molar-refractivity contribution in [2.24, 2.45) is 0 Å². The number of nitrogens with zero attached hydrogens (tertiary/aromatic N) is 1. The van der Waals surface area contributed by atoms with Gasteiger partial charge in [0.05, 0.1) is 31.8 Å². The molecule has 1 heterocycles. The highest BCUT2D eigenvalue weighted by Gasteiger charge is 2.35. The molecule has 0 fully saturated rings. The predicted molar refractivity (Wildman–Crippen MR) is 136 cm³/mol. The number of carbonyl (C=O) groups is 1. The van der Waals surface area contributed by atoms with E-state index >= 15 is 0 Å².